The van der Waals surface area contributed by atoms with E-state index >= 15 is 0 Å². The van der Waals surface area contributed by atoms with Gasteiger partial charge in [0.05, 0.1) is 0 Å². The minimum Gasteiger partial charge on any atom is -0.488 e. The van der Waals surface area contributed by atoms with E-state index in [2.05, 4.69) is 51.2 Å². The van der Waals surface area contributed by atoms with Gasteiger partial charge < -0.3 is 10.1 Å². The Bertz CT molecular complexity index is 324. The normalized spacial score (nSPS) is 13.6. The third-order valence-corrected chi connectivity index (χ3v) is 2.44. The molecule has 0 aliphatic heterocycles. The lowest BCUT2D eigenvalue weighted by atomic mass is 10.0. The Morgan fingerprint density at radius 1 is 1.31 bits per heavy atom. The fraction of sp³-hybridized carbons (Fsp3) is 0.571. The van der Waals surface area contributed by atoms with Crippen molar-refractivity contribution in [2.75, 3.05) is 7.05 Å². The number of hydrogen-bond donors (Lipinski definition) is 1. The molecule has 0 aliphatic rings. The van der Waals surface area contributed by atoms with Gasteiger partial charge >= 0.3 is 0 Å². The van der Waals surface area contributed by atoms with Crippen LogP contribution in [0.3, 0.4) is 0 Å². The minimum atomic E-state index is -0.139. The monoisotopic (exact) mass is 221 g/mol. The molecule has 1 atom stereocenters. The number of ether oxygens (including phenoxy) is 1. The van der Waals surface area contributed by atoms with Crippen molar-refractivity contribution in [3.05, 3.63) is 29.8 Å². The highest BCUT2D eigenvalue weighted by Gasteiger charge is 2.13. The molecule has 2 nitrogen and oxygen atoms in total. The molecular formula is C14H23NO. The van der Waals surface area contributed by atoms with E-state index < -0.39 is 0 Å². The zero-order valence-electron chi connectivity index (χ0n) is 11.0. The molecule has 1 unspecified atom stereocenters. The van der Waals surface area contributed by atoms with E-state index in [0.29, 0.717) is 6.04 Å². The lowest BCUT2D eigenvalue weighted by molar-refractivity contribution is 0.130. The number of nitrogens with one attached hydrogen (secondary N) is 1. The maximum Gasteiger partial charge on any atom is 0.120 e. The van der Waals surface area contributed by atoms with Gasteiger partial charge in [0.15, 0.2) is 0 Å². The van der Waals surface area contributed by atoms with Crippen molar-refractivity contribution in [3.63, 3.8) is 0 Å². The third-order valence-electron chi connectivity index (χ3n) is 2.44. The van der Waals surface area contributed by atoms with Crippen molar-refractivity contribution in [1.29, 1.82) is 0 Å². The summed E-state index contributed by atoms with van der Waals surface area (Å²) in [5, 5.41) is 3.30. The highest BCUT2D eigenvalue weighted by molar-refractivity contribution is 5.31. The molecule has 0 spiro atoms. The summed E-state index contributed by atoms with van der Waals surface area (Å²) in [6.07, 6.45) is 1.08. The molecule has 1 aromatic carbocycles. The average molecular weight is 221 g/mol. The van der Waals surface area contributed by atoms with Gasteiger partial charge in [-0.25, -0.2) is 0 Å². The van der Waals surface area contributed by atoms with E-state index in [1.54, 1.807) is 0 Å². The summed E-state index contributed by atoms with van der Waals surface area (Å²) in [5.74, 6) is 0.943. The van der Waals surface area contributed by atoms with E-state index in [1.165, 1.54) is 5.56 Å². The molecular weight excluding hydrogens is 198 g/mol. The van der Waals surface area contributed by atoms with Crippen LogP contribution in [0.2, 0.25) is 0 Å². The first kappa shape index (κ1) is 13.0. The van der Waals surface area contributed by atoms with Crippen molar-refractivity contribution < 1.29 is 4.74 Å². The highest BCUT2D eigenvalue weighted by atomic mass is 16.5. The largest absolute Gasteiger partial charge is 0.488 e. The summed E-state index contributed by atoms with van der Waals surface area (Å²) in [6, 6.07) is 8.73. The lowest BCUT2D eigenvalue weighted by Gasteiger charge is -2.22. The Morgan fingerprint density at radius 2 is 2.00 bits per heavy atom. The molecule has 0 radical (unpaired) electrons. The van der Waals surface area contributed by atoms with Crippen LogP contribution in [0.1, 0.15) is 45.7 Å². The van der Waals surface area contributed by atoms with Gasteiger partial charge in [0.1, 0.15) is 11.4 Å². The molecule has 1 aromatic rings. The van der Waals surface area contributed by atoms with E-state index in [1.807, 2.05) is 13.1 Å². The molecule has 0 saturated carbocycles. The summed E-state index contributed by atoms with van der Waals surface area (Å²) in [6.45, 7) is 8.37. The quantitative estimate of drug-likeness (QED) is 0.839. The molecule has 0 heterocycles. The molecule has 1 N–H and O–H groups in total. The van der Waals surface area contributed by atoms with Crippen molar-refractivity contribution in [2.24, 2.45) is 0 Å². The fourth-order valence-electron chi connectivity index (χ4n) is 1.75. The van der Waals surface area contributed by atoms with E-state index in [0.717, 1.165) is 12.2 Å². The Morgan fingerprint density at radius 3 is 2.50 bits per heavy atom. The highest BCUT2D eigenvalue weighted by Crippen LogP contribution is 2.23. The van der Waals surface area contributed by atoms with Crippen LogP contribution in [-0.4, -0.2) is 12.6 Å². The van der Waals surface area contributed by atoms with Crippen LogP contribution in [0, 0.1) is 0 Å². The van der Waals surface area contributed by atoms with E-state index in [4.69, 9.17) is 4.74 Å². The average Bonchev–Trinajstić information content (AvgIpc) is 2.17. The number of benzene rings is 1. The van der Waals surface area contributed by atoms with Crippen LogP contribution in [-0.2, 0) is 0 Å². The van der Waals surface area contributed by atoms with Gasteiger partial charge in [0, 0.05) is 6.04 Å². The Hall–Kier alpha value is -1.02. The smallest absolute Gasteiger partial charge is 0.120 e. The third kappa shape index (κ3) is 3.86. The molecule has 16 heavy (non-hydrogen) atoms. The maximum absolute atomic E-state index is 5.85. The summed E-state index contributed by atoms with van der Waals surface area (Å²) >= 11 is 0. The van der Waals surface area contributed by atoms with Crippen LogP contribution in [0.25, 0.3) is 0 Å². The number of hydrogen-bond acceptors (Lipinski definition) is 2. The van der Waals surface area contributed by atoms with Crippen molar-refractivity contribution in [2.45, 2.75) is 45.8 Å². The Kier molecular flexibility index (Phi) is 4.36. The summed E-state index contributed by atoms with van der Waals surface area (Å²) < 4.78 is 5.85. The molecule has 0 saturated heterocycles. The Labute approximate surface area is 99.0 Å². The van der Waals surface area contributed by atoms with Gasteiger partial charge in [0.2, 0.25) is 0 Å². The Balaban J connectivity index is 2.86. The first-order valence-corrected chi connectivity index (χ1v) is 5.92. The standard InChI is InChI=1S/C14H23NO/c1-6-13(15-5)11-8-7-9-12(10-11)16-14(2,3)4/h7-10,13,15H,6H2,1-5H3. The second-order valence-electron chi connectivity index (χ2n) is 5.04. The SMILES string of the molecule is CCC(NC)c1cccc(OC(C)(C)C)c1. The molecule has 0 fully saturated rings. The van der Waals surface area contributed by atoms with Gasteiger partial charge in [-0.1, -0.05) is 19.1 Å². The predicted molar refractivity (Wildman–Crippen MR) is 68.9 cm³/mol. The molecule has 0 bridgehead atoms. The molecule has 90 valence electrons. The van der Waals surface area contributed by atoms with Crippen LogP contribution in [0.5, 0.6) is 5.75 Å². The van der Waals surface area contributed by atoms with Gasteiger partial charge in [-0.3, -0.25) is 0 Å². The van der Waals surface area contributed by atoms with Gasteiger partial charge in [-0.2, -0.15) is 0 Å². The minimum absolute atomic E-state index is 0.139. The van der Waals surface area contributed by atoms with E-state index in [-0.39, 0.29) is 5.60 Å². The predicted octanol–water partition coefficient (Wildman–Crippen LogP) is 3.53. The van der Waals surface area contributed by atoms with Crippen LogP contribution < -0.4 is 10.1 Å². The van der Waals surface area contributed by atoms with Crippen molar-refractivity contribution in [1.82, 2.24) is 5.32 Å². The van der Waals surface area contributed by atoms with Gasteiger partial charge in [0.25, 0.3) is 0 Å². The molecule has 1 rings (SSSR count). The second-order valence-corrected chi connectivity index (χ2v) is 5.04. The summed E-state index contributed by atoms with van der Waals surface area (Å²) in [7, 11) is 1.99. The molecule has 2 heteroatoms. The zero-order chi connectivity index (χ0) is 12.2. The van der Waals surface area contributed by atoms with Crippen LogP contribution >= 0.6 is 0 Å². The van der Waals surface area contributed by atoms with Crippen molar-refractivity contribution in [3.8, 4) is 5.75 Å². The second kappa shape index (κ2) is 5.35. The molecule has 0 aromatic heterocycles. The topological polar surface area (TPSA) is 21.3 Å². The zero-order valence-corrected chi connectivity index (χ0v) is 11.0. The summed E-state index contributed by atoms with van der Waals surface area (Å²) in [5.41, 5.74) is 1.15. The number of rotatable bonds is 4. The van der Waals surface area contributed by atoms with E-state index in [9.17, 15) is 0 Å². The first-order chi connectivity index (χ1) is 7.46. The molecule has 0 amide bonds. The maximum atomic E-state index is 5.85. The van der Waals surface area contributed by atoms with Crippen molar-refractivity contribution >= 4 is 0 Å². The lowest BCUT2D eigenvalue weighted by Crippen LogP contribution is -2.23. The van der Waals surface area contributed by atoms with Gasteiger partial charge in [-0.15, -0.1) is 0 Å². The van der Waals surface area contributed by atoms with Crippen LogP contribution in [0.4, 0.5) is 0 Å². The van der Waals surface area contributed by atoms with Crippen LogP contribution in [0.15, 0.2) is 24.3 Å². The fourth-order valence-corrected chi connectivity index (χ4v) is 1.75. The molecule has 0 aliphatic carbocycles. The van der Waals surface area contributed by atoms with Gasteiger partial charge in [-0.05, 0) is 51.9 Å². The first-order valence-electron chi connectivity index (χ1n) is 5.92. The summed E-state index contributed by atoms with van der Waals surface area (Å²) in [4.78, 5) is 0.